The third-order valence-corrected chi connectivity index (χ3v) is 4.02. The quantitative estimate of drug-likeness (QED) is 0.741. The summed E-state index contributed by atoms with van der Waals surface area (Å²) in [5, 5.41) is 5.46. The lowest BCUT2D eigenvalue weighted by Crippen LogP contribution is -2.37. The summed E-state index contributed by atoms with van der Waals surface area (Å²) in [4.78, 5) is 11.2. The van der Waals surface area contributed by atoms with Crippen molar-refractivity contribution in [1.82, 2.24) is 10.6 Å². The average molecular weight is 254 g/mol. The van der Waals surface area contributed by atoms with Crippen LogP contribution in [0.2, 0.25) is 0 Å². The van der Waals surface area contributed by atoms with Crippen molar-refractivity contribution >= 4 is 6.03 Å². The maximum absolute atomic E-state index is 13.9. The number of nitrogens with one attached hydrogen (secondary N) is 2. The molecule has 1 aliphatic heterocycles. The number of halogens is 2. The molecule has 0 aromatic carbocycles. The molecule has 3 nitrogen and oxygen atoms in total. The number of rotatable bonds is 1. The van der Waals surface area contributed by atoms with E-state index in [1.807, 2.05) is 6.08 Å². The van der Waals surface area contributed by atoms with Gasteiger partial charge < -0.3 is 10.6 Å². The van der Waals surface area contributed by atoms with Gasteiger partial charge in [-0.1, -0.05) is 24.6 Å². The van der Waals surface area contributed by atoms with Gasteiger partial charge in [0.15, 0.2) is 0 Å². The Morgan fingerprint density at radius 2 is 2.00 bits per heavy atom. The van der Waals surface area contributed by atoms with Gasteiger partial charge in [-0.3, -0.25) is 0 Å². The zero-order valence-electron chi connectivity index (χ0n) is 9.96. The summed E-state index contributed by atoms with van der Waals surface area (Å²) in [6.07, 6.45) is 7.30. The van der Waals surface area contributed by atoms with Crippen molar-refractivity contribution in [3.63, 3.8) is 0 Å². The van der Waals surface area contributed by atoms with Crippen LogP contribution in [0.5, 0.6) is 0 Å². The van der Waals surface area contributed by atoms with Crippen molar-refractivity contribution < 1.29 is 13.6 Å². The Labute approximate surface area is 104 Å². The van der Waals surface area contributed by atoms with Gasteiger partial charge in [0, 0.05) is 12.3 Å². The molecule has 18 heavy (non-hydrogen) atoms. The lowest BCUT2D eigenvalue weighted by molar-refractivity contribution is -0.0705. The fraction of sp³-hybridized carbons (Fsp3) is 0.615. The molecule has 3 unspecified atom stereocenters. The molecule has 3 rings (SSSR count). The second-order valence-electron chi connectivity index (χ2n) is 5.25. The van der Waals surface area contributed by atoms with Crippen molar-refractivity contribution in [1.29, 1.82) is 0 Å². The minimum Gasteiger partial charge on any atom is -0.330 e. The first-order chi connectivity index (χ1) is 8.56. The Morgan fingerprint density at radius 1 is 1.22 bits per heavy atom. The van der Waals surface area contributed by atoms with E-state index in [2.05, 4.69) is 10.6 Å². The van der Waals surface area contributed by atoms with Crippen LogP contribution >= 0.6 is 0 Å². The highest BCUT2D eigenvalue weighted by atomic mass is 19.3. The molecular weight excluding hydrogens is 238 g/mol. The van der Waals surface area contributed by atoms with E-state index in [0.717, 1.165) is 6.42 Å². The van der Waals surface area contributed by atoms with Crippen LogP contribution in [0, 0.1) is 5.92 Å². The number of alkyl halides is 2. The largest absolute Gasteiger partial charge is 0.330 e. The molecule has 0 radical (unpaired) electrons. The molecule has 0 aromatic heterocycles. The average Bonchev–Trinajstić information content (AvgIpc) is 2.67. The Balaban J connectivity index is 1.83. The summed E-state index contributed by atoms with van der Waals surface area (Å²) in [6, 6.07) is -0.517. The van der Waals surface area contributed by atoms with Crippen LogP contribution in [0.15, 0.2) is 23.8 Å². The van der Waals surface area contributed by atoms with Gasteiger partial charge in [-0.15, -0.1) is 0 Å². The topological polar surface area (TPSA) is 41.1 Å². The smallest absolute Gasteiger partial charge is 0.315 e. The standard InChI is InChI=1S/C13H16F2N2O/c14-13(15)6-2-1-3-9(13)8-4-5-10-11(7-8)17-12(18)16-10/h4-5,7,9-11H,1-3,6H2,(H2,16,17,18). The van der Waals surface area contributed by atoms with Crippen LogP contribution in [0.4, 0.5) is 13.6 Å². The number of allylic oxidation sites excluding steroid dienone is 2. The second kappa shape index (κ2) is 4.07. The van der Waals surface area contributed by atoms with E-state index in [0.29, 0.717) is 18.4 Å². The molecule has 98 valence electrons. The van der Waals surface area contributed by atoms with Crippen molar-refractivity contribution in [3.05, 3.63) is 23.8 Å². The van der Waals surface area contributed by atoms with E-state index in [1.165, 1.54) is 0 Å². The number of amides is 2. The summed E-state index contributed by atoms with van der Waals surface area (Å²) in [5.74, 6) is -3.31. The number of urea groups is 1. The van der Waals surface area contributed by atoms with Crippen molar-refractivity contribution in [2.45, 2.75) is 43.7 Å². The Kier molecular flexibility index (Phi) is 2.64. The molecule has 1 saturated carbocycles. The lowest BCUT2D eigenvalue weighted by atomic mass is 9.78. The van der Waals surface area contributed by atoms with E-state index in [9.17, 15) is 13.6 Å². The monoisotopic (exact) mass is 254 g/mol. The van der Waals surface area contributed by atoms with Gasteiger partial charge >= 0.3 is 6.03 Å². The predicted molar refractivity (Wildman–Crippen MR) is 63.4 cm³/mol. The number of hydrogen-bond acceptors (Lipinski definition) is 1. The van der Waals surface area contributed by atoms with Crippen molar-refractivity contribution in [2.75, 3.05) is 0 Å². The molecule has 1 saturated heterocycles. The summed E-state index contributed by atoms with van der Waals surface area (Å²) in [6.45, 7) is 0. The normalized spacial score (nSPS) is 37.6. The highest BCUT2D eigenvalue weighted by Crippen LogP contribution is 2.43. The fourth-order valence-electron chi connectivity index (χ4n) is 3.05. The van der Waals surface area contributed by atoms with Gasteiger partial charge in [-0.25, -0.2) is 13.6 Å². The van der Waals surface area contributed by atoms with Gasteiger partial charge in [0.1, 0.15) is 0 Å². The molecule has 1 heterocycles. The molecule has 2 fully saturated rings. The second-order valence-corrected chi connectivity index (χ2v) is 5.25. The van der Waals surface area contributed by atoms with Crippen LogP contribution in [0.1, 0.15) is 25.7 Å². The molecule has 2 aliphatic carbocycles. The molecule has 3 atom stereocenters. The Bertz CT molecular complexity index is 431. The molecule has 2 amide bonds. The molecule has 0 bridgehead atoms. The van der Waals surface area contributed by atoms with Gasteiger partial charge in [0.2, 0.25) is 0 Å². The number of hydrogen-bond donors (Lipinski definition) is 2. The lowest BCUT2D eigenvalue weighted by Gasteiger charge is -2.34. The van der Waals surface area contributed by atoms with Crippen LogP contribution in [0.25, 0.3) is 0 Å². The van der Waals surface area contributed by atoms with Gasteiger partial charge in [-0.05, 0) is 18.4 Å². The number of fused-ring (bicyclic) bond motifs is 1. The fourth-order valence-corrected chi connectivity index (χ4v) is 3.05. The maximum Gasteiger partial charge on any atom is 0.315 e. The third kappa shape index (κ3) is 1.91. The zero-order chi connectivity index (χ0) is 12.8. The number of carbonyl (C=O) groups is 1. The van der Waals surface area contributed by atoms with E-state index >= 15 is 0 Å². The minimum absolute atomic E-state index is 0.0262. The van der Waals surface area contributed by atoms with Gasteiger partial charge in [0.25, 0.3) is 5.92 Å². The van der Waals surface area contributed by atoms with Crippen LogP contribution in [-0.2, 0) is 0 Å². The van der Waals surface area contributed by atoms with E-state index in [-0.39, 0.29) is 24.5 Å². The SMILES string of the molecule is O=C1NC2C=CC(C3CCCCC3(F)F)=CC2N1. The van der Waals surface area contributed by atoms with Crippen LogP contribution in [0.3, 0.4) is 0 Å². The molecule has 0 aromatic rings. The minimum atomic E-state index is -2.61. The summed E-state index contributed by atoms with van der Waals surface area (Å²) in [5.41, 5.74) is 0.671. The molecule has 0 spiro atoms. The highest BCUT2D eigenvalue weighted by Gasteiger charge is 2.44. The molecular formula is C13H16F2N2O. The van der Waals surface area contributed by atoms with Gasteiger partial charge in [-0.2, -0.15) is 0 Å². The Morgan fingerprint density at radius 3 is 2.78 bits per heavy atom. The highest BCUT2D eigenvalue weighted by molar-refractivity contribution is 5.78. The van der Waals surface area contributed by atoms with E-state index in [4.69, 9.17) is 0 Å². The predicted octanol–water partition coefficient (Wildman–Crippen LogP) is 2.36. The van der Waals surface area contributed by atoms with Crippen LogP contribution < -0.4 is 10.6 Å². The zero-order valence-corrected chi connectivity index (χ0v) is 9.96. The van der Waals surface area contributed by atoms with E-state index in [1.54, 1.807) is 12.2 Å². The van der Waals surface area contributed by atoms with Crippen molar-refractivity contribution in [2.24, 2.45) is 5.92 Å². The van der Waals surface area contributed by atoms with Crippen LogP contribution in [-0.4, -0.2) is 24.0 Å². The first kappa shape index (κ1) is 11.7. The third-order valence-electron chi connectivity index (χ3n) is 4.02. The van der Waals surface area contributed by atoms with E-state index < -0.39 is 11.8 Å². The molecule has 3 aliphatic rings. The maximum atomic E-state index is 13.9. The summed E-state index contributed by atoms with van der Waals surface area (Å²) < 4.78 is 27.8. The first-order valence-corrected chi connectivity index (χ1v) is 6.41. The molecule has 5 heteroatoms. The summed E-state index contributed by atoms with van der Waals surface area (Å²) in [7, 11) is 0. The molecule has 2 N–H and O–H groups in total. The summed E-state index contributed by atoms with van der Waals surface area (Å²) >= 11 is 0. The number of carbonyl (C=O) groups excluding carboxylic acids is 1. The Hall–Kier alpha value is -1.39. The van der Waals surface area contributed by atoms with Gasteiger partial charge in [0.05, 0.1) is 12.1 Å². The van der Waals surface area contributed by atoms with Crippen molar-refractivity contribution in [3.8, 4) is 0 Å². The first-order valence-electron chi connectivity index (χ1n) is 6.41.